The summed E-state index contributed by atoms with van der Waals surface area (Å²) in [4.78, 5) is 0. The van der Waals surface area contributed by atoms with Gasteiger partial charge in [-0.05, 0) is 44.9 Å². The largest absolute Gasteiger partial charge is 0.376 e. The number of rotatable bonds is 2. The summed E-state index contributed by atoms with van der Waals surface area (Å²) in [7, 11) is 0. The highest BCUT2D eigenvalue weighted by atomic mass is 16.5. The molecule has 0 aromatic rings. The molecule has 0 amide bonds. The van der Waals surface area contributed by atoms with Gasteiger partial charge >= 0.3 is 0 Å². The molecule has 0 heterocycles. The van der Waals surface area contributed by atoms with Gasteiger partial charge in [0.2, 0.25) is 0 Å². The fourth-order valence-corrected chi connectivity index (χ4v) is 2.16. The molecule has 1 nitrogen and oxygen atoms in total. The first-order valence-electron chi connectivity index (χ1n) is 4.41. The maximum absolute atomic E-state index is 5.71. The van der Waals surface area contributed by atoms with E-state index in [1.54, 1.807) is 0 Å². The van der Waals surface area contributed by atoms with Crippen molar-refractivity contribution in [1.82, 2.24) is 0 Å². The van der Waals surface area contributed by atoms with Crippen molar-refractivity contribution in [2.24, 2.45) is 11.8 Å². The number of hydrogen-bond acceptors (Lipinski definition) is 1. The third kappa shape index (κ3) is 1.20. The van der Waals surface area contributed by atoms with Crippen molar-refractivity contribution in [2.45, 2.75) is 45.3 Å². The van der Waals surface area contributed by atoms with Crippen LogP contribution in [0.4, 0.5) is 0 Å². The van der Waals surface area contributed by atoms with Crippen LogP contribution in [0.1, 0.15) is 33.1 Å². The zero-order chi connectivity index (χ0) is 7.14. The molecule has 0 aromatic carbocycles. The lowest BCUT2D eigenvalue weighted by molar-refractivity contribution is 0.00570. The molecule has 0 spiro atoms. The van der Waals surface area contributed by atoms with Crippen molar-refractivity contribution in [2.75, 3.05) is 0 Å². The van der Waals surface area contributed by atoms with E-state index in [0.717, 1.165) is 11.8 Å². The van der Waals surface area contributed by atoms with Gasteiger partial charge in [0.05, 0.1) is 12.2 Å². The van der Waals surface area contributed by atoms with E-state index in [4.69, 9.17) is 4.74 Å². The highest BCUT2D eigenvalue weighted by molar-refractivity contribution is 4.96. The second-order valence-corrected chi connectivity index (χ2v) is 4.03. The Kier molecular flexibility index (Phi) is 1.48. The van der Waals surface area contributed by atoms with Crippen LogP contribution in [-0.2, 0) is 4.74 Å². The maximum Gasteiger partial charge on any atom is 0.0584 e. The fraction of sp³-hybridized carbons (Fsp3) is 1.00. The Balaban J connectivity index is 1.76. The molecule has 2 fully saturated rings. The van der Waals surface area contributed by atoms with E-state index in [9.17, 15) is 0 Å². The highest BCUT2D eigenvalue weighted by Gasteiger charge is 2.46. The Labute approximate surface area is 62.8 Å². The first-order valence-corrected chi connectivity index (χ1v) is 4.41. The van der Waals surface area contributed by atoms with Crippen LogP contribution in [-0.4, -0.2) is 12.2 Å². The van der Waals surface area contributed by atoms with Crippen molar-refractivity contribution in [3.63, 3.8) is 0 Å². The summed E-state index contributed by atoms with van der Waals surface area (Å²) in [6.45, 7) is 4.26. The molecule has 10 heavy (non-hydrogen) atoms. The Morgan fingerprint density at radius 3 is 2.20 bits per heavy atom. The fourth-order valence-electron chi connectivity index (χ4n) is 2.16. The monoisotopic (exact) mass is 140 g/mol. The van der Waals surface area contributed by atoms with Crippen LogP contribution in [0.5, 0.6) is 0 Å². The average molecular weight is 140 g/mol. The zero-order valence-electron chi connectivity index (χ0n) is 6.84. The van der Waals surface area contributed by atoms with Crippen LogP contribution < -0.4 is 0 Å². The van der Waals surface area contributed by atoms with E-state index in [1.807, 2.05) is 0 Å². The minimum Gasteiger partial charge on any atom is -0.376 e. The van der Waals surface area contributed by atoms with E-state index in [1.165, 1.54) is 19.3 Å². The molecule has 1 unspecified atom stereocenters. The minimum atomic E-state index is 0.433. The van der Waals surface area contributed by atoms with Crippen molar-refractivity contribution in [1.29, 1.82) is 0 Å². The van der Waals surface area contributed by atoms with E-state index in [2.05, 4.69) is 13.8 Å². The summed E-state index contributed by atoms with van der Waals surface area (Å²) in [5.41, 5.74) is 0. The van der Waals surface area contributed by atoms with E-state index >= 15 is 0 Å². The normalized spacial score (nSPS) is 44.1. The molecule has 2 saturated carbocycles. The summed E-state index contributed by atoms with van der Waals surface area (Å²) >= 11 is 0. The molecule has 58 valence electrons. The van der Waals surface area contributed by atoms with E-state index < -0.39 is 0 Å². The van der Waals surface area contributed by atoms with Gasteiger partial charge in [0.1, 0.15) is 0 Å². The van der Waals surface area contributed by atoms with Crippen LogP contribution in [0.2, 0.25) is 0 Å². The third-order valence-corrected chi connectivity index (χ3v) is 2.66. The first-order chi connectivity index (χ1) is 4.75. The lowest BCUT2D eigenvalue weighted by Gasteiger charge is -2.15. The molecule has 0 saturated heterocycles. The first kappa shape index (κ1) is 6.66. The summed E-state index contributed by atoms with van der Waals surface area (Å²) in [6.07, 6.45) is 5.25. The van der Waals surface area contributed by atoms with Crippen molar-refractivity contribution in [3.05, 3.63) is 0 Å². The molecule has 3 atom stereocenters. The van der Waals surface area contributed by atoms with Gasteiger partial charge in [-0.25, -0.2) is 0 Å². The molecule has 1 heteroatoms. The lowest BCUT2D eigenvalue weighted by Crippen LogP contribution is -2.15. The van der Waals surface area contributed by atoms with Crippen LogP contribution in [0.3, 0.4) is 0 Å². The molecular formula is C9H16O. The van der Waals surface area contributed by atoms with Gasteiger partial charge in [0, 0.05) is 0 Å². The predicted octanol–water partition coefficient (Wildman–Crippen LogP) is 2.21. The lowest BCUT2D eigenvalue weighted by atomic mass is 10.2. The van der Waals surface area contributed by atoms with E-state index in [0.29, 0.717) is 12.2 Å². The van der Waals surface area contributed by atoms with Gasteiger partial charge < -0.3 is 4.74 Å². The van der Waals surface area contributed by atoms with Crippen molar-refractivity contribution < 1.29 is 4.74 Å². The molecule has 0 radical (unpaired) electrons. The van der Waals surface area contributed by atoms with Crippen LogP contribution >= 0.6 is 0 Å². The van der Waals surface area contributed by atoms with Crippen LogP contribution in [0.15, 0.2) is 0 Å². The molecular weight excluding hydrogens is 124 g/mol. The van der Waals surface area contributed by atoms with Crippen molar-refractivity contribution in [3.8, 4) is 0 Å². The molecule has 2 rings (SSSR count). The molecule has 0 aliphatic heterocycles. The summed E-state index contributed by atoms with van der Waals surface area (Å²) in [5, 5.41) is 0. The summed E-state index contributed by atoms with van der Waals surface area (Å²) < 4.78 is 5.71. The summed E-state index contributed by atoms with van der Waals surface area (Å²) in [5.74, 6) is 2.12. The van der Waals surface area contributed by atoms with Gasteiger partial charge in [-0.15, -0.1) is 0 Å². The molecule has 2 aliphatic carbocycles. The van der Waals surface area contributed by atoms with Crippen LogP contribution in [0, 0.1) is 11.8 Å². The number of hydrogen-bond donors (Lipinski definition) is 0. The third-order valence-electron chi connectivity index (χ3n) is 2.66. The van der Waals surface area contributed by atoms with Crippen LogP contribution in [0.25, 0.3) is 0 Å². The van der Waals surface area contributed by atoms with Crippen molar-refractivity contribution >= 4 is 0 Å². The molecule has 0 bridgehead atoms. The Morgan fingerprint density at radius 2 is 1.70 bits per heavy atom. The number of ether oxygens (including phenoxy) is 1. The molecule has 2 aliphatic rings. The van der Waals surface area contributed by atoms with Gasteiger partial charge in [0.25, 0.3) is 0 Å². The predicted molar refractivity (Wildman–Crippen MR) is 40.8 cm³/mol. The standard InChI is InChI=1S/C9H16O/c1-6(2)10-9-4-7-3-8(7)5-9/h6-9H,3-5H2,1-2H3/t7-,8+,9?. The van der Waals surface area contributed by atoms with Gasteiger partial charge in [-0.1, -0.05) is 0 Å². The Bertz CT molecular complexity index is 121. The summed E-state index contributed by atoms with van der Waals surface area (Å²) in [6, 6.07) is 0. The van der Waals surface area contributed by atoms with Gasteiger partial charge in [0.15, 0.2) is 0 Å². The second kappa shape index (κ2) is 2.23. The highest BCUT2D eigenvalue weighted by Crippen LogP contribution is 2.52. The van der Waals surface area contributed by atoms with Gasteiger partial charge in [-0.3, -0.25) is 0 Å². The quantitative estimate of drug-likeness (QED) is 0.571. The molecule has 0 aromatic heterocycles. The smallest absolute Gasteiger partial charge is 0.0584 e. The average Bonchev–Trinajstić information content (AvgIpc) is 2.39. The maximum atomic E-state index is 5.71. The Morgan fingerprint density at radius 1 is 1.10 bits per heavy atom. The second-order valence-electron chi connectivity index (χ2n) is 4.03. The SMILES string of the molecule is CC(C)OC1C[C@@H]2C[C@@H]2C1. The number of fused-ring (bicyclic) bond motifs is 1. The Hall–Kier alpha value is -0.0400. The van der Waals surface area contributed by atoms with Gasteiger partial charge in [-0.2, -0.15) is 0 Å². The zero-order valence-corrected chi connectivity index (χ0v) is 6.84. The minimum absolute atomic E-state index is 0.433. The topological polar surface area (TPSA) is 9.23 Å². The van der Waals surface area contributed by atoms with E-state index in [-0.39, 0.29) is 0 Å². The molecule has 0 N–H and O–H groups in total.